The number of hydrogen-bond donors (Lipinski definition) is 0. The minimum atomic E-state index is 0.0643. The third-order valence-electron chi connectivity index (χ3n) is 8.81. The molecule has 0 saturated carbocycles. The molecule has 0 N–H and O–H groups in total. The van der Waals surface area contributed by atoms with Crippen LogP contribution >= 0.6 is 0 Å². The molecule has 0 unspecified atom stereocenters. The highest BCUT2D eigenvalue weighted by molar-refractivity contribution is 5.98. The highest BCUT2D eigenvalue weighted by Gasteiger charge is 2.20. The molecule has 0 radical (unpaired) electrons. The lowest BCUT2D eigenvalue weighted by Gasteiger charge is -2.14. The molecule has 0 aliphatic rings. The summed E-state index contributed by atoms with van der Waals surface area (Å²) in [5, 5.41) is 2.07. The zero-order chi connectivity index (χ0) is 36.5. The number of nitrogens with zero attached hydrogens (tertiary/aromatic N) is 9. The van der Waals surface area contributed by atoms with E-state index in [4.69, 9.17) is 44.9 Å². The molecule has 0 spiro atoms. The van der Waals surface area contributed by atoms with Crippen LogP contribution in [0.5, 0.6) is 0 Å². The van der Waals surface area contributed by atoms with Gasteiger partial charge in [-0.25, -0.2) is 44.9 Å². The van der Waals surface area contributed by atoms with E-state index in [1.807, 2.05) is 60.7 Å². The highest BCUT2D eigenvalue weighted by atomic mass is 15.1. The summed E-state index contributed by atoms with van der Waals surface area (Å²) in [6.45, 7) is 16.8. The molecule has 3 aromatic heterocycles. The van der Waals surface area contributed by atoms with Crippen LogP contribution in [0.3, 0.4) is 0 Å². The van der Waals surface area contributed by atoms with Crippen LogP contribution in [0.2, 0.25) is 0 Å². The van der Waals surface area contributed by atoms with Gasteiger partial charge in [-0.05, 0) is 29.0 Å². The van der Waals surface area contributed by atoms with Crippen molar-refractivity contribution >= 4 is 10.8 Å². The van der Waals surface area contributed by atoms with E-state index < -0.39 is 0 Å². The fourth-order valence-corrected chi connectivity index (χ4v) is 5.87. The first kappa shape index (κ1) is 34.6. The molecule has 0 bridgehead atoms. The summed E-state index contributed by atoms with van der Waals surface area (Å²) in [5.41, 5.74) is 4.42. The van der Waals surface area contributed by atoms with E-state index in [0.717, 1.165) is 56.1 Å². The predicted octanol–water partition coefficient (Wildman–Crippen LogP) is 10.2. The lowest BCUT2D eigenvalue weighted by atomic mass is 9.99. The molecule has 9 nitrogen and oxygen atoms in total. The lowest BCUT2D eigenvalue weighted by Crippen LogP contribution is -2.08. The smallest absolute Gasteiger partial charge is 0.164 e. The lowest BCUT2D eigenvalue weighted by molar-refractivity contribution is 0.697. The van der Waals surface area contributed by atoms with Gasteiger partial charge in [0.05, 0.1) is 0 Å². The maximum Gasteiger partial charge on any atom is 0.164 e. The standard InChI is InChI=1S/C43H43N9/c1-24(2)35-44-36(25(3)4)47-40(46-35)30-18-14-19-31(22-30)41-48-38(27(7)8)50-43(52-41)34-23-32(21-29-17-12-13-20-33(29)34)42-49-37(26(5)6)45-39(51-42)28-15-10-9-11-16-28/h9-27H,1-8H3. The van der Waals surface area contributed by atoms with Gasteiger partial charge in [-0.15, -0.1) is 0 Å². The number of rotatable bonds is 9. The van der Waals surface area contributed by atoms with Gasteiger partial charge in [-0.3, -0.25) is 0 Å². The molecule has 260 valence electrons. The minimum absolute atomic E-state index is 0.0643. The first-order valence-corrected chi connectivity index (χ1v) is 18.0. The van der Waals surface area contributed by atoms with Crippen molar-refractivity contribution in [2.75, 3.05) is 0 Å². The van der Waals surface area contributed by atoms with Crippen LogP contribution in [0.4, 0.5) is 0 Å². The Kier molecular flexibility index (Phi) is 9.60. The number of fused-ring (bicyclic) bond motifs is 1. The van der Waals surface area contributed by atoms with Crippen molar-refractivity contribution in [1.82, 2.24) is 44.9 Å². The third-order valence-corrected chi connectivity index (χ3v) is 8.81. The van der Waals surface area contributed by atoms with Gasteiger partial charge in [-0.1, -0.05) is 128 Å². The van der Waals surface area contributed by atoms with E-state index >= 15 is 0 Å². The molecule has 0 aliphatic carbocycles. The molecule has 52 heavy (non-hydrogen) atoms. The van der Waals surface area contributed by atoms with Crippen LogP contribution in [0.25, 0.3) is 67.7 Å². The predicted molar refractivity (Wildman–Crippen MR) is 208 cm³/mol. The molecular formula is C43H43N9. The van der Waals surface area contributed by atoms with Gasteiger partial charge in [0.1, 0.15) is 23.3 Å². The SMILES string of the molecule is CC(C)c1nc(-c2ccccc2)nc(-c2cc(-c3nc(-c4cccc(-c5nc(C(C)C)nc(C(C)C)n5)c4)nc(C(C)C)n3)c3ccccc3c2)n1. The summed E-state index contributed by atoms with van der Waals surface area (Å²) in [5.74, 6) is 6.61. The van der Waals surface area contributed by atoms with Crippen LogP contribution in [0, 0.1) is 0 Å². The molecule has 4 aromatic carbocycles. The molecule has 0 aliphatic heterocycles. The summed E-state index contributed by atoms with van der Waals surface area (Å²) in [7, 11) is 0. The molecule has 0 saturated heterocycles. The Morgan fingerprint density at radius 2 is 0.750 bits per heavy atom. The normalized spacial score (nSPS) is 11.8. The van der Waals surface area contributed by atoms with Gasteiger partial charge in [-0.2, -0.15) is 0 Å². The second-order valence-corrected chi connectivity index (χ2v) is 14.4. The quantitative estimate of drug-likeness (QED) is 0.146. The Labute approximate surface area is 305 Å². The van der Waals surface area contributed by atoms with Gasteiger partial charge in [0.25, 0.3) is 0 Å². The van der Waals surface area contributed by atoms with Crippen LogP contribution < -0.4 is 0 Å². The van der Waals surface area contributed by atoms with E-state index in [2.05, 4.69) is 85.7 Å². The maximum atomic E-state index is 5.15. The summed E-state index contributed by atoms with van der Waals surface area (Å²) in [6, 6.07) is 30.7. The molecule has 9 heteroatoms. The molecule has 7 aromatic rings. The van der Waals surface area contributed by atoms with E-state index in [1.54, 1.807) is 0 Å². The molecule has 0 fully saturated rings. The number of hydrogen-bond acceptors (Lipinski definition) is 9. The van der Waals surface area contributed by atoms with E-state index in [1.165, 1.54) is 0 Å². The van der Waals surface area contributed by atoms with Gasteiger partial charge in [0, 0.05) is 51.5 Å². The second kappa shape index (κ2) is 14.4. The fraction of sp³-hybridized carbons (Fsp3) is 0.279. The van der Waals surface area contributed by atoms with Crippen LogP contribution in [0.15, 0.2) is 91.0 Å². The van der Waals surface area contributed by atoms with Gasteiger partial charge < -0.3 is 0 Å². The average molecular weight is 686 g/mol. The Bertz CT molecular complexity index is 2360. The van der Waals surface area contributed by atoms with E-state index in [0.29, 0.717) is 34.9 Å². The summed E-state index contributed by atoms with van der Waals surface area (Å²) >= 11 is 0. The van der Waals surface area contributed by atoms with Crippen molar-refractivity contribution < 1.29 is 0 Å². The summed E-state index contributed by atoms with van der Waals surface area (Å²) < 4.78 is 0. The van der Waals surface area contributed by atoms with Crippen molar-refractivity contribution in [3.05, 3.63) is 114 Å². The van der Waals surface area contributed by atoms with Crippen molar-refractivity contribution in [2.45, 2.75) is 79.1 Å². The molecule has 7 rings (SSSR count). The van der Waals surface area contributed by atoms with Crippen molar-refractivity contribution in [3.8, 4) is 56.9 Å². The largest absolute Gasteiger partial charge is 0.217 e. The first-order chi connectivity index (χ1) is 25.0. The molecule has 3 heterocycles. The van der Waals surface area contributed by atoms with E-state index in [9.17, 15) is 0 Å². The van der Waals surface area contributed by atoms with Gasteiger partial charge in [0.2, 0.25) is 0 Å². The molecule has 0 amide bonds. The second-order valence-electron chi connectivity index (χ2n) is 14.4. The third kappa shape index (κ3) is 7.17. The van der Waals surface area contributed by atoms with Crippen LogP contribution in [-0.4, -0.2) is 44.9 Å². The van der Waals surface area contributed by atoms with Crippen LogP contribution in [-0.2, 0) is 0 Å². The summed E-state index contributed by atoms with van der Waals surface area (Å²) in [4.78, 5) is 44.4. The minimum Gasteiger partial charge on any atom is -0.217 e. The van der Waals surface area contributed by atoms with Gasteiger partial charge >= 0.3 is 0 Å². The van der Waals surface area contributed by atoms with Crippen molar-refractivity contribution in [3.63, 3.8) is 0 Å². The zero-order valence-corrected chi connectivity index (χ0v) is 31.0. The Balaban J connectivity index is 1.39. The molecular weight excluding hydrogens is 643 g/mol. The Morgan fingerprint density at radius 1 is 0.327 bits per heavy atom. The number of aromatic nitrogens is 9. The zero-order valence-electron chi connectivity index (χ0n) is 31.0. The Hall–Kier alpha value is -5.83. The van der Waals surface area contributed by atoms with Gasteiger partial charge in [0.15, 0.2) is 29.1 Å². The average Bonchev–Trinajstić information content (AvgIpc) is 3.17. The van der Waals surface area contributed by atoms with Crippen molar-refractivity contribution in [1.29, 1.82) is 0 Å². The summed E-state index contributed by atoms with van der Waals surface area (Å²) in [6.07, 6.45) is 0. The first-order valence-electron chi connectivity index (χ1n) is 18.0. The van der Waals surface area contributed by atoms with Crippen molar-refractivity contribution in [2.24, 2.45) is 0 Å². The fourth-order valence-electron chi connectivity index (χ4n) is 5.87. The van der Waals surface area contributed by atoms with Crippen LogP contribution in [0.1, 0.15) is 102 Å². The monoisotopic (exact) mass is 685 g/mol. The number of benzene rings is 4. The van der Waals surface area contributed by atoms with E-state index in [-0.39, 0.29) is 23.7 Å². The topological polar surface area (TPSA) is 116 Å². The highest BCUT2D eigenvalue weighted by Crippen LogP contribution is 2.34. The maximum absolute atomic E-state index is 5.15. The Morgan fingerprint density at radius 3 is 1.33 bits per heavy atom. The molecule has 0 atom stereocenters.